The van der Waals surface area contributed by atoms with E-state index in [1.54, 1.807) is 39.1 Å². The van der Waals surface area contributed by atoms with E-state index in [4.69, 9.17) is 4.74 Å². The lowest BCUT2D eigenvalue weighted by molar-refractivity contribution is -0.138. The minimum absolute atomic E-state index is 0.182. The van der Waals surface area contributed by atoms with Crippen molar-refractivity contribution in [1.82, 2.24) is 24.9 Å². The highest BCUT2D eigenvalue weighted by Gasteiger charge is 2.32. The number of pyridine rings is 1. The highest BCUT2D eigenvalue weighted by Crippen LogP contribution is 2.30. The second kappa shape index (κ2) is 9.84. The molecule has 0 saturated heterocycles. The first-order chi connectivity index (χ1) is 15.7. The highest BCUT2D eigenvalue weighted by atomic mass is 19.4. The largest absolute Gasteiger partial charge is 0.473 e. The van der Waals surface area contributed by atoms with Gasteiger partial charge in [0.25, 0.3) is 5.91 Å². The number of aromatic nitrogens is 4. The molecule has 3 aromatic rings. The normalized spacial score (nSPS) is 12.3. The van der Waals surface area contributed by atoms with Crippen molar-refractivity contribution in [1.29, 1.82) is 0 Å². The highest BCUT2D eigenvalue weighted by molar-refractivity contribution is 5.98. The number of rotatable bonds is 8. The molecule has 8 nitrogen and oxygen atoms in total. The van der Waals surface area contributed by atoms with E-state index < -0.39 is 29.5 Å². The Hall–Kier alpha value is -3.70. The number of alkyl halides is 3. The van der Waals surface area contributed by atoms with Crippen LogP contribution in [-0.4, -0.2) is 57.0 Å². The van der Waals surface area contributed by atoms with Crippen molar-refractivity contribution in [3.8, 4) is 11.6 Å². The van der Waals surface area contributed by atoms with E-state index in [-0.39, 0.29) is 12.5 Å². The number of ether oxygens (including phenoxy) is 1. The van der Waals surface area contributed by atoms with Gasteiger partial charge in [-0.3, -0.25) is 4.79 Å². The molecular weight excluding hydrogens is 444 g/mol. The molecule has 0 unspecified atom stereocenters. The predicted molar refractivity (Wildman–Crippen MR) is 112 cm³/mol. The molecule has 1 aromatic carbocycles. The number of nitrogens with one attached hydrogen (secondary N) is 1. The molecule has 12 heteroatoms. The van der Waals surface area contributed by atoms with Crippen molar-refractivity contribution in [2.45, 2.75) is 26.1 Å². The van der Waals surface area contributed by atoms with Crippen LogP contribution in [0.4, 0.5) is 23.2 Å². The minimum atomic E-state index is -4.71. The lowest BCUT2D eigenvalue weighted by Gasteiger charge is -2.28. The van der Waals surface area contributed by atoms with E-state index in [9.17, 15) is 22.4 Å². The first kappa shape index (κ1) is 24.0. The average Bonchev–Trinajstić information content (AvgIpc) is 3.32. The molecular formula is C21H22F4N6O2. The summed E-state index contributed by atoms with van der Waals surface area (Å²) >= 11 is 0. The molecule has 0 aliphatic carbocycles. The van der Waals surface area contributed by atoms with E-state index in [2.05, 4.69) is 20.5 Å². The second-order valence-electron chi connectivity index (χ2n) is 7.06. The van der Waals surface area contributed by atoms with Crippen LogP contribution in [0.1, 0.15) is 29.8 Å². The Morgan fingerprint density at radius 3 is 2.52 bits per heavy atom. The van der Waals surface area contributed by atoms with Crippen molar-refractivity contribution < 1.29 is 27.1 Å². The van der Waals surface area contributed by atoms with Crippen molar-refractivity contribution in [2.75, 3.05) is 25.5 Å². The second-order valence-corrected chi connectivity index (χ2v) is 7.06. The van der Waals surface area contributed by atoms with Crippen molar-refractivity contribution in [3.05, 3.63) is 59.8 Å². The van der Waals surface area contributed by atoms with Crippen LogP contribution >= 0.6 is 0 Å². The number of benzene rings is 1. The summed E-state index contributed by atoms with van der Waals surface area (Å²) in [7, 11) is 1.74. The summed E-state index contributed by atoms with van der Waals surface area (Å²) in [6.45, 7) is 3.56. The fraction of sp³-hybridized carbons (Fsp3) is 0.333. The SMILES string of the molecule is CCN(C(=O)c1ccc(NC)cc1-n1nccn1)[C@@H](C)COc1ncc(C(F)(F)F)cc1F. The number of amides is 1. The molecule has 176 valence electrons. The monoisotopic (exact) mass is 466 g/mol. The molecule has 1 amide bonds. The maximum atomic E-state index is 14.0. The Balaban J connectivity index is 1.79. The fourth-order valence-corrected chi connectivity index (χ4v) is 3.16. The number of hydrogen-bond acceptors (Lipinski definition) is 6. The summed E-state index contributed by atoms with van der Waals surface area (Å²) in [4.78, 5) is 19.6. The predicted octanol–water partition coefficient (Wildman–Crippen LogP) is 3.79. The maximum absolute atomic E-state index is 14.0. The van der Waals surface area contributed by atoms with E-state index in [1.165, 1.54) is 22.1 Å². The van der Waals surface area contributed by atoms with Crippen LogP contribution in [0.3, 0.4) is 0 Å². The van der Waals surface area contributed by atoms with Gasteiger partial charge in [0.05, 0.1) is 29.6 Å². The number of carbonyl (C=O) groups is 1. The molecule has 0 saturated carbocycles. The Kier molecular flexibility index (Phi) is 7.14. The zero-order valence-electron chi connectivity index (χ0n) is 18.1. The van der Waals surface area contributed by atoms with Gasteiger partial charge in [-0.05, 0) is 38.1 Å². The van der Waals surface area contributed by atoms with E-state index in [0.29, 0.717) is 30.1 Å². The third kappa shape index (κ3) is 5.38. The molecule has 2 heterocycles. The van der Waals surface area contributed by atoms with Gasteiger partial charge in [0, 0.05) is 25.5 Å². The molecule has 0 aliphatic rings. The van der Waals surface area contributed by atoms with Gasteiger partial charge in [0.15, 0.2) is 5.82 Å². The number of anilines is 1. The van der Waals surface area contributed by atoms with Gasteiger partial charge < -0.3 is 15.0 Å². The topological polar surface area (TPSA) is 85.2 Å². The van der Waals surface area contributed by atoms with Crippen LogP contribution in [0.15, 0.2) is 42.9 Å². The minimum Gasteiger partial charge on any atom is -0.473 e. The van der Waals surface area contributed by atoms with Gasteiger partial charge in [-0.2, -0.15) is 28.2 Å². The molecule has 2 aromatic heterocycles. The van der Waals surface area contributed by atoms with Crippen LogP contribution in [-0.2, 0) is 6.18 Å². The Morgan fingerprint density at radius 1 is 1.24 bits per heavy atom. The standard InChI is InChI=1S/C21H22F4N6O2/c1-4-30(13(2)12-33-19-17(22)9-14(11-27-19)21(23,24)25)20(32)16-6-5-15(26-3)10-18(16)31-28-7-8-29-31/h5-11,13,26H,4,12H2,1-3H3/t13-/m0/s1. The average molecular weight is 466 g/mol. The molecule has 33 heavy (non-hydrogen) atoms. The Morgan fingerprint density at radius 2 is 1.94 bits per heavy atom. The van der Waals surface area contributed by atoms with E-state index in [0.717, 1.165) is 5.69 Å². The van der Waals surface area contributed by atoms with E-state index in [1.807, 2.05) is 0 Å². The summed E-state index contributed by atoms with van der Waals surface area (Å²) in [5, 5.41) is 11.2. The van der Waals surface area contributed by atoms with Crippen molar-refractivity contribution in [2.24, 2.45) is 0 Å². The third-order valence-corrected chi connectivity index (χ3v) is 4.88. The smallest absolute Gasteiger partial charge is 0.417 e. The molecule has 3 rings (SSSR count). The number of likely N-dealkylation sites (N-methyl/N-ethyl adjacent to an activating group) is 1. The first-order valence-electron chi connectivity index (χ1n) is 10.0. The Bertz CT molecular complexity index is 1100. The molecule has 0 fully saturated rings. The van der Waals surface area contributed by atoms with Gasteiger partial charge in [-0.1, -0.05) is 0 Å². The molecule has 0 bridgehead atoms. The molecule has 0 aliphatic heterocycles. The van der Waals surface area contributed by atoms with Crippen molar-refractivity contribution in [3.63, 3.8) is 0 Å². The summed E-state index contributed by atoms with van der Waals surface area (Å²) < 4.78 is 57.4. The molecule has 0 radical (unpaired) electrons. The van der Waals surface area contributed by atoms with Crippen LogP contribution < -0.4 is 10.1 Å². The number of halogens is 4. The van der Waals surface area contributed by atoms with Crippen LogP contribution in [0.25, 0.3) is 5.69 Å². The lowest BCUT2D eigenvalue weighted by Crippen LogP contribution is -2.42. The summed E-state index contributed by atoms with van der Waals surface area (Å²) in [5.74, 6) is -2.15. The van der Waals surface area contributed by atoms with Crippen molar-refractivity contribution >= 4 is 11.6 Å². The number of nitrogens with zero attached hydrogens (tertiary/aromatic N) is 5. The zero-order valence-corrected chi connectivity index (χ0v) is 18.1. The van der Waals surface area contributed by atoms with Gasteiger partial charge >= 0.3 is 6.18 Å². The van der Waals surface area contributed by atoms with Gasteiger partial charge in [-0.25, -0.2) is 9.37 Å². The van der Waals surface area contributed by atoms with Gasteiger partial charge in [0.1, 0.15) is 12.3 Å². The van der Waals surface area contributed by atoms with Crippen LogP contribution in [0, 0.1) is 5.82 Å². The zero-order chi connectivity index (χ0) is 24.2. The number of carbonyl (C=O) groups excluding carboxylic acids is 1. The molecule has 1 N–H and O–H groups in total. The quantitative estimate of drug-likeness (QED) is 0.509. The lowest BCUT2D eigenvalue weighted by atomic mass is 10.1. The van der Waals surface area contributed by atoms with Crippen LogP contribution in [0.2, 0.25) is 0 Å². The first-order valence-corrected chi connectivity index (χ1v) is 10.0. The fourth-order valence-electron chi connectivity index (χ4n) is 3.16. The summed E-state index contributed by atoms with van der Waals surface area (Å²) in [6.07, 6.45) is -1.24. The van der Waals surface area contributed by atoms with Gasteiger partial charge in [0.2, 0.25) is 5.88 Å². The maximum Gasteiger partial charge on any atom is 0.417 e. The molecule has 1 atom stereocenters. The Labute approximate surface area is 187 Å². The number of hydrogen-bond donors (Lipinski definition) is 1. The summed E-state index contributed by atoms with van der Waals surface area (Å²) in [6, 6.07) is 4.87. The summed E-state index contributed by atoms with van der Waals surface area (Å²) in [5.41, 5.74) is 0.328. The third-order valence-electron chi connectivity index (χ3n) is 4.88. The molecule has 0 spiro atoms. The van der Waals surface area contributed by atoms with E-state index >= 15 is 0 Å². The van der Waals surface area contributed by atoms with Crippen LogP contribution in [0.5, 0.6) is 5.88 Å². The van der Waals surface area contributed by atoms with Gasteiger partial charge in [-0.15, -0.1) is 0 Å².